The summed E-state index contributed by atoms with van der Waals surface area (Å²) in [4.78, 5) is 40.5. The normalized spacial score (nSPS) is 33.9. The van der Waals surface area contributed by atoms with E-state index in [-0.39, 0.29) is 23.8 Å². The second kappa shape index (κ2) is 4.83. The summed E-state index contributed by atoms with van der Waals surface area (Å²) in [6.07, 6.45) is 0. The second-order valence-electron chi connectivity index (χ2n) is 8.07. The Balaban J connectivity index is 1.92. The number of carbonyl (C=O) groups is 3. The van der Waals surface area contributed by atoms with Gasteiger partial charge in [0, 0.05) is 27.9 Å². The van der Waals surface area contributed by atoms with E-state index in [4.69, 9.17) is 11.6 Å². The van der Waals surface area contributed by atoms with Crippen molar-refractivity contribution in [2.45, 2.75) is 44.8 Å². The van der Waals surface area contributed by atoms with Crippen LogP contribution in [0, 0.1) is 11.8 Å². The monoisotopic (exact) mass is 361 g/mol. The number of imide groups is 1. The van der Waals surface area contributed by atoms with Crippen LogP contribution in [0.2, 0.25) is 5.02 Å². The van der Waals surface area contributed by atoms with Crippen molar-refractivity contribution >= 4 is 35.0 Å². The maximum Gasteiger partial charge on any atom is 0.250 e. The quantitative estimate of drug-likeness (QED) is 0.691. The van der Waals surface area contributed by atoms with E-state index in [1.54, 1.807) is 18.2 Å². The number of anilines is 1. The van der Waals surface area contributed by atoms with Gasteiger partial charge in [0.2, 0.25) is 17.7 Å². The second-order valence-corrected chi connectivity index (χ2v) is 8.51. The van der Waals surface area contributed by atoms with Crippen LogP contribution < -0.4 is 10.6 Å². The van der Waals surface area contributed by atoms with Crippen molar-refractivity contribution in [3.63, 3.8) is 0 Å². The Kier molecular flexibility index (Phi) is 3.19. The van der Waals surface area contributed by atoms with Crippen LogP contribution in [0.25, 0.3) is 0 Å². The number of benzene rings is 1. The van der Waals surface area contributed by atoms with E-state index in [2.05, 4.69) is 10.6 Å². The van der Waals surface area contributed by atoms with Crippen LogP contribution >= 0.6 is 11.6 Å². The molecule has 7 heteroatoms. The van der Waals surface area contributed by atoms with E-state index < -0.39 is 22.9 Å². The molecule has 2 saturated heterocycles. The number of amides is 3. The Bertz CT molecular complexity index is 831. The minimum Gasteiger partial charge on any atom is -0.324 e. The van der Waals surface area contributed by atoms with Crippen LogP contribution in [-0.2, 0) is 19.9 Å². The lowest BCUT2D eigenvalue weighted by atomic mass is 9.76. The highest BCUT2D eigenvalue weighted by Gasteiger charge is 2.70. The van der Waals surface area contributed by atoms with Gasteiger partial charge in [0.05, 0.1) is 11.8 Å². The fraction of sp³-hybridized carbons (Fsp3) is 0.500. The number of hydrogen-bond acceptors (Lipinski definition) is 4. The third-order valence-corrected chi connectivity index (χ3v) is 5.73. The van der Waals surface area contributed by atoms with Gasteiger partial charge in [-0.05, 0) is 45.9 Å². The Labute approximate surface area is 150 Å². The van der Waals surface area contributed by atoms with Gasteiger partial charge in [-0.3, -0.25) is 24.6 Å². The van der Waals surface area contributed by atoms with Gasteiger partial charge in [0.1, 0.15) is 5.54 Å². The SMILES string of the molecule is CC1NC2(C(=O)Nc3ccc(Cl)cc32)C2C(=O)N(C(C)(C)C)C(=O)C12. The molecule has 4 unspecified atom stereocenters. The van der Waals surface area contributed by atoms with Crippen molar-refractivity contribution in [2.75, 3.05) is 5.32 Å². The number of carbonyl (C=O) groups excluding carboxylic acids is 3. The van der Waals surface area contributed by atoms with Crippen LogP contribution in [0.15, 0.2) is 18.2 Å². The molecule has 1 spiro atoms. The van der Waals surface area contributed by atoms with Gasteiger partial charge >= 0.3 is 0 Å². The molecule has 4 atom stereocenters. The van der Waals surface area contributed by atoms with E-state index in [1.165, 1.54) is 4.90 Å². The first-order valence-corrected chi connectivity index (χ1v) is 8.74. The van der Waals surface area contributed by atoms with Gasteiger partial charge in [-0.15, -0.1) is 0 Å². The lowest BCUT2D eigenvalue weighted by molar-refractivity contribution is -0.147. The summed E-state index contributed by atoms with van der Waals surface area (Å²) in [6.45, 7) is 7.33. The maximum atomic E-state index is 13.2. The van der Waals surface area contributed by atoms with E-state index in [1.807, 2.05) is 27.7 Å². The molecular weight excluding hydrogens is 342 g/mol. The lowest BCUT2D eigenvalue weighted by Gasteiger charge is -2.34. The molecule has 3 heterocycles. The molecule has 3 amide bonds. The van der Waals surface area contributed by atoms with Gasteiger partial charge in [-0.25, -0.2) is 0 Å². The molecule has 4 rings (SSSR count). The summed E-state index contributed by atoms with van der Waals surface area (Å²) in [5.74, 6) is -2.16. The third-order valence-electron chi connectivity index (χ3n) is 5.50. The summed E-state index contributed by atoms with van der Waals surface area (Å²) in [5, 5.41) is 6.58. The fourth-order valence-electron chi connectivity index (χ4n) is 4.60. The van der Waals surface area contributed by atoms with Crippen LogP contribution in [0.1, 0.15) is 33.3 Å². The zero-order valence-corrected chi connectivity index (χ0v) is 15.3. The molecule has 1 aromatic carbocycles. The molecule has 25 heavy (non-hydrogen) atoms. The molecule has 132 valence electrons. The fourth-order valence-corrected chi connectivity index (χ4v) is 4.77. The van der Waals surface area contributed by atoms with E-state index in [0.29, 0.717) is 16.3 Å². The molecule has 0 bridgehead atoms. The van der Waals surface area contributed by atoms with Crippen molar-refractivity contribution in [1.29, 1.82) is 0 Å². The number of rotatable bonds is 0. The number of fused-ring (bicyclic) bond motifs is 4. The topological polar surface area (TPSA) is 78.5 Å². The van der Waals surface area contributed by atoms with Gasteiger partial charge in [0.15, 0.2) is 0 Å². The van der Waals surface area contributed by atoms with Crippen LogP contribution in [0.5, 0.6) is 0 Å². The summed E-state index contributed by atoms with van der Waals surface area (Å²) in [7, 11) is 0. The Morgan fingerprint density at radius 2 is 1.84 bits per heavy atom. The van der Waals surface area contributed by atoms with Crippen molar-refractivity contribution in [3.8, 4) is 0 Å². The van der Waals surface area contributed by atoms with Gasteiger partial charge < -0.3 is 5.32 Å². The first kappa shape index (κ1) is 16.5. The summed E-state index contributed by atoms with van der Waals surface area (Å²) >= 11 is 6.15. The number of halogens is 1. The third kappa shape index (κ3) is 1.92. The van der Waals surface area contributed by atoms with Crippen molar-refractivity contribution in [2.24, 2.45) is 11.8 Å². The predicted octanol–water partition coefficient (Wildman–Crippen LogP) is 1.88. The minimum absolute atomic E-state index is 0.220. The predicted molar refractivity (Wildman–Crippen MR) is 92.9 cm³/mol. The van der Waals surface area contributed by atoms with Crippen molar-refractivity contribution in [1.82, 2.24) is 10.2 Å². The van der Waals surface area contributed by atoms with Gasteiger partial charge in [0.25, 0.3) is 0 Å². The molecule has 3 aliphatic heterocycles. The summed E-state index contributed by atoms with van der Waals surface area (Å²) < 4.78 is 0. The average Bonchev–Trinajstić information content (AvgIpc) is 3.04. The number of likely N-dealkylation sites (tertiary alicyclic amines) is 1. The van der Waals surface area contributed by atoms with Crippen LogP contribution in [0.3, 0.4) is 0 Å². The molecule has 0 aliphatic carbocycles. The summed E-state index contributed by atoms with van der Waals surface area (Å²) in [5.41, 5.74) is -0.617. The highest BCUT2D eigenvalue weighted by atomic mass is 35.5. The molecular formula is C18H20ClN3O3. The highest BCUT2D eigenvalue weighted by molar-refractivity contribution is 6.31. The molecule has 0 radical (unpaired) electrons. The van der Waals surface area contributed by atoms with Crippen molar-refractivity contribution < 1.29 is 14.4 Å². The first-order chi connectivity index (χ1) is 11.6. The molecule has 0 aromatic heterocycles. The van der Waals surface area contributed by atoms with Crippen LogP contribution in [0.4, 0.5) is 5.69 Å². The van der Waals surface area contributed by atoms with E-state index in [9.17, 15) is 14.4 Å². The number of nitrogens with one attached hydrogen (secondary N) is 2. The molecule has 3 aliphatic rings. The zero-order valence-electron chi connectivity index (χ0n) is 14.5. The van der Waals surface area contributed by atoms with Crippen molar-refractivity contribution in [3.05, 3.63) is 28.8 Å². The molecule has 6 nitrogen and oxygen atoms in total. The first-order valence-electron chi connectivity index (χ1n) is 8.36. The summed E-state index contributed by atoms with van der Waals surface area (Å²) in [6, 6.07) is 4.82. The largest absolute Gasteiger partial charge is 0.324 e. The van der Waals surface area contributed by atoms with Gasteiger partial charge in [-0.2, -0.15) is 0 Å². The maximum absolute atomic E-state index is 13.2. The van der Waals surface area contributed by atoms with Crippen LogP contribution in [-0.4, -0.2) is 34.2 Å². The van der Waals surface area contributed by atoms with E-state index >= 15 is 0 Å². The molecule has 1 aromatic rings. The molecule has 2 N–H and O–H groups in total. The standard InChI is InChI=1S/C18H20ClN3O3/c1-8-12-13(15(24)22(14(12)23)17(2,3)4)18(21-8)10-7-9(19)5-6-11(10)20-16(18)25/h5-8,12-13,21H,1-4H3,(H,20,25). The highest BCUT2D eigenvalue weighted by Crippen LogP contribution is 2.53. The smallest absolute Gasteiger partial charge is 0.250 e. The lowest BCUT2D eigenvalue weighted by Crippen LogP contribution is -2.55. The Morgan fingerprint density at radius 1 is 1.16 bits per heavy atom. The number of hydrogen-bond donors (Lipinski definition) is 2. The molecule has 0 saturated carbocycles. The van der Waals surface area contributed by atoms with Gasteiger partial charge in [-0.1, -0.05) is 11.6 Å². The Morgan fingerprint density at radius 3 is 2.48 bits per heavy atom. The zero-order chi connectivity index (χ0) is 18.3. The Hall–Kier alpha value is -1.92. The minimum atomic E-state index is -1.25. The molecule has 2 fully saturated rings. The van der Waals surface area contributed by atoms with E-state index in [0.717, 1.165) is 0 Å². The number of nitrogens with zero attached hydrogens (tertiary/aromatic N) is 1. The average molecular weight is 362 g/mol.